The molecular weight excluding hydrogens is 266 g/mol. The van der Waals surface area contributed by atoms with Crippen molar-refractivity contribution in [3.8, 4) is 0 Å². The van der Waals surface area contributed by atoms with Crippen molar-refractivity contribution in [3.05, 3.63) is 17.3 Å². The van der Waals surface area contributed by atoms with Crippen LogP contribution < -0.4 is 5.73 Å². The highest BCUT2D eigenvalue weighted by molar-refractivity contribution is 7.16. The van der Waals surface area contributed by atoms with Crippen LogP contribution in [0.2, 0.25) is 0 Å². The number of hydrogen-bond donors (Lipinski definition) is 1. The number of rotatable bonds is 1. The Morgan fingerprint density at radius 1 is 1.15 bits per heavy atom. The van der Waals surface area contributed by atoms with Crippen molar-refractivity contribution in [2.45, 2.75) is 52.4 Å². The van der Waals surface area contributed by atoms with Crippen molar-refractivity contribution in [3.63, 3.8) is 0 Å². The van der Waals surface area contributed by atoms with E-state index in [1.807, 2.05) is 11.4 Å². The van der Waals surface area contributed by atoms with Crippen LogP contribution in [0.4, 0.5) is 5.82 Å². The quantitative estimate of drug-likeness (QED) is 0.835. The number of anilines is 1. The molecule has 3 nitrogen and oxygen atoms in total. The molecule has 0 atom stereocenters. The Balaban J connectivity index is 1.80. The van der Waals surface area contributed by atoms with Crippen LogP contribution in [-0.4, -0.2) is 9.97 Å². The number of fused-ring (bicyclic) bond motifs is 1. The molecule has 1 aliphatic carbocycles. The highest BCUT2D eigenvalue weighted by atomic mass is 32.1. The fraction of sp³-hybridized carbons (Fsp3) is 0.625. The van der Waals surface area contributed by atoms with Gasteiger partial charge in [0.2, 0.25) is 0 Å². The number of nitrogen functional groups attached to an aromatic ring is 1. The topological polar surface area (TPSA) is 51.8 Å². The van der Waals surface area contributed by atoms with Crippen LogP contribution in [0.5, 0.6) is 0 Å². The van der Waals surface area contributed by atoms with E-state index < -0.39 is 0 Å². The minimum atomic E-state index is 0.419. The van der Waals surface area contributed by atoms with E-state index in [1.165, 1.54) is 25.7 Å². The van der Waals surface area contributed by atoms with E-state index in [1.54, 1.807) is 11.3 Å². The van der Waals surface area contributed by atoms with E-state index in [0.717, 1.165) is 22.0 Å². The molecule has 2 N–H and O–H groups in total. The maximum absolute atomic E-state index is 6.06. The van der Waals surface area contributed by atoms with Gasteiger partial charge in [-0.1, -0.05) is 20.8 Å². The van der Waals surface area contributed by atoms with E-state index in [2.05, 4.69) is 25.8 Å². The van der Waals surface area contributed by atoms with Gasteiger partial charge in [-0.2, -0.15) is 0 Å². The Kier molecular flexibility index (Phi) is 3.44. The first kappa shape index (κ1) is 13.8. The van der Waals surface area contributed by atoms with Crippen molar-refractivity contribution >= 4 is 27.4 Å². The zero-order chi connectivity index (χ0) is 14.3. The van der Waals surface area contributed by atoms with Gasteiger partial charge in [0.1, 0.15) is 16.5 Å². The number of aromatic nitrogens is 2. The van der Waals surface area contributed by atoms with E-state index in [9.17, 15) is 0 Å². The van der Waals surface area contributed by atoms with Gasteiger partial charge in [0.05, 0.1) is 5.39 Å². The van der Waals surface area contributed by atoms with Gasteiger partial charge in [0, 0.05) is 5.92 Å². The van der Waals surface area contributed by atoms with Crippen LogP contribution in [-0.2, 0) is 0 Å². The van der Waals surface area contributed by atoms with Crippen LogP contribution in [0.3, 0.4) is 0 Å². The summed E-state index contributed by atoms with van der Waals surface area (Å²) in [5, 5.41) is 3.04. The van der Waals surface area contributed by atoms with Gasteiger partial charge in [0.15, 0.2) is 0 Å². The summed E-state index contributed by atoms with van der Waals surface area (Å²) < 4.78 is 0. The molecular formula is C16H23N3S. The summed E-state index contributed by atoms with van der Waals surface area (Å²) in [5.41, 5.74) is 6.48. The molecule has 3 rings (SSSR count). The van der Waals surface area contributed by atoms with Crippen LogP contribution in [0.15, 0.2) is 11.4 Å². The van der Waals surface area contributed by atoms with Crippen LogP contribution in [0.1, 0.15) is 58.2 Å². The lowest BCUT2D eigenvalue weighted by Crippen LogP contribution is -2.25. The number of nitrogens with zero attached hydrogens (tertiary/aromatic N) is 2. The minimum Gasteiger partial charge on any atom is -0.383 e. The molecule has 1 fully saturated rings. The summed E-state index contributed by atoms with van der Waals surface area (Å²) in [6.45, 7) is 7.05. The standard InChI is InChI=1S/C16H23N3S/c1-16(2,3)11-6-4-10(5-7-11)14-18-13(17)12-8-9-20-15(12)19-14/h8-11H,4-7H2,1-3H3,(H2,17,18,19). The molecule has 0 aliphatic heterocycles. The largest absolute Gasteiger partial charge is 0.383 e. The molecule has 2 aromatic heterocycles. The molecule has 1 saturated carbocycles. The van der Waals surface area contributed by atoms with Crippen molar-refractivity contribution in [2.75, 3.05) is 5.73 Å². The minimum absolute atomic E-state index is 0.419. The molecule has 2 heterocycles. The molecule has 1 aliphatic rings. The van der Waals surface area contributed by atoms with Crippen LogP contribution >= 0.6 is 11.3 Å². The smallest absolute Gasteiger partial charge is 0.135 e. The predicted molar refractivity (Wildman–Crippen MR) is 86.0 cm³/mol. The SMILES string of the molecule is CC(C)(C)C1CCC(c2nc(N)c3ccsc3n2)CC1. The summed E-state index contributed by atoms with van der Waals surface area (Å²) in [7, 11) is 0. The molecule has 0 aromatic carbocycles. The predicted octanol–water partition coefficient (Wildman–Crippen LogP) is 4.59. The molecule has 108 valence electrons. The van der Waals surface area contributed by atoms with Gasteiger partial charge < -0.3 is 5.73 Å². The Labute approximate surface area is 124 Å². The third kappa shape index (κ3) is 2.53. The average molecular weight is 289 g/mol. The lowest BCUT2D eigenvalue weighted by atomic mass is 9.70. The number of hydrogen-bond acceptors (Lipinski definition) is 4. The molecule has 0 bridgehead atoms. The van der Waals surface area contributed by atoms with Crippen molar-refractivity contribution < 1.29 is 0 Å². The highest BCUT2D eigenvalue weighted by Gasteiger charge is 2.31. The first-order valence-corrected chi connectivity index (χ1v) is 8.33. The van der Waals surface area contributed by atoms with Crippen molar-refractivity contribution in [2.24, 2.45) is 11.3 Å². The monoisotopic (exact) mass is 289 g/mol. The average Bonchev–Trinajstić information content (AvgIpc) is 2.86. The molecule has 0 saturated heterocycles. The first-order valence-electron chi connectivity index (χ1n) is 7.46. The third-order valence-electron chi connectivity index (χ3n) is 4.69. The van der Waals surface area contributed by atoms with Crippen LogP contribution in [0, 0.1) is 11.3 Å². The molecule has 0 radical (unpaired) electrons. The normalized spacial score (nSPS) is 24.1. The highest BCUT2D eigenvalue weighted by Crippen LogP contribution is 2.42. The second-order valence-corrected chi connectivity index (χ2v) is 7.92. The lowest BCUT2D eigenvalue weighted by Gasteiger charge is -2.36. The number of thiophene rings is 1. The summed E-state index contributed by atoms with van der Waals surface area (Å²) >= 11 is 1.65. The second-order valence-electron chi connectivity index (χ2n) is 7.02. The summed E-state index contributed by atoms with van der Waals surface area (Å²) in [6.07, 6.45) is 4.94. The van der Waals surface area contributed by atoms with Gasteiger partial charge >= 0.3 is 0 Å². The van der Waals surface area contributed by atoms with E-state index >= 15 is 0 Å². The zero-order valence-electron chi connectivity index (χ0n) is 12.5. The third-order valence-corrected chi connectivity index (χ3v) is 5.50. The lowest BCUT2D eigenvalue weighted by molar-refractivity contribution is 0.167. The molecule has 4 heteroatoms. The van der Waals surface area contributed by atoms with Gasteiger partial charge in [-0.15, -0.1) is 11.3 Å². The van der Waals surface area contributed by atoms with Crippen molar-refractivity contribution in [1.82, 2.24) is 9.97 Å². The molecule has 20 heavy (non-hydrogen) atoms. The van der Waals surface area contributed by atoms with Gasteiger partial charge in [0.25, 0.3) is 0 Å². The summed E-state index contributed by atoms with van der Waals surface area (Å²) in [5.74, 6) is 2.91. The maximum Gasteiger partial charge on any atom is 0.135 e. The Bertz CT molecular complexity index is 604. The van der Waals surface area contributed by atoms with Crippen molar-refractivity contribution in [1.29, 1.82) is 0 Å². The Hall–Kier alpha value is -1.16. The Morgan fingerprint density at radius 3 is 2.50 bits per heavy atom. The van der Waals surface area contributed by atoms with Gasteiger partial charge in [-0.3, -0.25) is 0 Å². The first-order chi connectivity index (χ1) is 9.45. The van der Waals surface area contributed by atoms with Gasteiger partial charge in [-0.25, -0.2) is 9.97 Å². The fourth-order valence-corrected chi connectivity index (χ4v) is 4.07. The zero-order valence-corrected chi connectivity index (χ0v) is 13.3. The van der Waals surface area contributed by atoms with Crippen LogP contribution in [0.25, 0.3) is 10.2 Å². The molecule has 0 spiro atoms. The summed E-state index contributed by atoms with van der Waals surface area (Å²) in [6, 6.07) is 2.01. The van der Waals surface area contributed by atoms with E-state index in [4.69, 9.17) is 10.7 Å². The number of nitrogens with two attached hydrogens (primary N) is 1. The van der Waals surface area contributed by atoms with E-state index in [0.29, 0.717) is 17.2 Å². The van der Waals surface area contributed by atoms with Gasteiger partial charge in [-0.05, 0) is 48.5 Å². The van der Waals surface area contributed by atoms with E-state index in [-0.39, 0.29) is 0 Å². The Morgan fingerprint density at radius 2 is 1.85 bits per heavy atom. The second kappa shape index (κ2) is 4.99. The fourth-order valence-electron chi connectivity index (χ4n) is 3.30. The molecule has 2 aromatic rings. The molecule has 0 amide bonds. The maximum atomic E-state index is 6.06. The summed E-state index contributed by atoms with van der Waals surface area (Å²) in [4.78, 5) is 10.3. The molecule has 0 unspecified atom stereocenters.